The Labute approximate surface area is 460 Å². The van der Waals surface area contributed by atoms with Crippen LogP contribution >= 0.6 is 0 Å². The van der Waals surface area contributed by atoms with Crippen molar-refractivity contribution in [3.8, 4) is 0 Å². The van der Waals surface area contributed by atoms with Gasteiger partial charge in [-0.25, -0.2) is 0 Å². The zero-order chi connectivity index (χ0) is 53.6. The summed E-state index contributed by atoms with van der Waals surface area (Å²) in [5.41, 5.74) is 0. The molecule has 0 aromatic rings. The minimum absolute atomic E-state index is 0.0774. The maximum absolute atomic E-state index is 12.9. The second kappa shape index (κ2) is 62.6. The maximum atomic E-state index is 12.9. The fraction of sp³-hybridized carbons (Fsp3) is 0.809. The summed E-state index contributed by atoms with van der Waals surface area (Å²) in [6.45, 7) is 6.55. The first-order valence-corrected chi connectivity index (χ1v) is 32.3. The Morgan fingerprint density at radius 3 is 0.824 bits per heavy atom. The van der Waals surface area contributed by atoms with Crippen LogP contribution in [-0.2, 0) is 28.6 Å². The van der Waals surface area contributed by atoms with E-state index in [1.165, 1.54) is 193 Å². The standard InChI is InChI=1S/C68H122O6/c1-4-7-10-13-16-19-22-25-28-29-30-31-32-33-34-35-36-37-38-39-41-43-46-49-52-55-58-61-67(70)73-64-65(63-72-66(69)60-57-54-51-48-45-42-27-24-21-18-15-12-9-6-3)74-68(71)62-59-56-53-50-47-44-40-26-23-20-17-14-11-8-5-2/h8,11,17,20,22,25-26,29-30,40,65H,4-7,9-10,12-16,18-19,21,23-24,27-28,31-39,41-64H2,1-3H3/b11-8-,20-17-,25-22-,30-29-,40-26-. The summed E-state index contributed by atoms with van der Waals surface area (Å²) in [5, 5.41) is 0. The molecule has 0 aliphatic heterocycles. The molecule has 0 amide bonds. The van der Waals surface area contributed by atoms with Crippen LogP contribution in [0.2, 0.25) is 0 Å². The molecule has 6 nitrogen and oxygen atoms in total. The van der Waals surface area contributed by atoms with Crippen molar-refractivity contribution >= 4 is 17.9 Å². The van der Waals surface area contributed by atoms with E-state index in [9.17, 15) is 14.4 Å². The average Bonchev–Trinajstić information content (AvgIpc) is 3.40. The molecule has 0 heterocycles. The molecule has 0 aliphatic rings. The van der Waals surface area contributed by atoms with Crippen molar-refractivity contribution in [3.05, 3.63) is 60.8 Å². The first-order chi connectivity index (χ1) is 36.5. The summed E-state index contributed by atoms with van der Waals surface area (Å²) >= 11 is 0. The second-order valence-electron chi connectivity index (χ2n) is 21.6. The van der Waals surface area contributed by atoms with E-state index in [0.717, 1.165) is 103 Å². The predicted molar refractivity (Wildman–Crippen MR) is 321 cm³/mol. The summed E-state index contributed by atoms with van der Waals surface area (Å²) in [4.78, 5) is 38.3. The molecule has 0 bridgehead atoms. The van der Waals surface area contributed by atoms with E-state index in [-0.39, 0.29) is 31.1 Å². The van der Waals surface area contributed by atoms with Crippen molar-refractivity contribution in [2.75, 3.05) is 13.2 Å². The van der Waals surface area contributed by atoms with Crippen molar-refractivity contribution in [1.82, 2.24) is 0 Å². The van der Waals surface area contributed by atoms with Crippen LogP contribution in [-0.4, -0.2) is 37.2 Å². The Hall–Kier alpha value is -2.89. The summed E-state index contributed by atoms with van der Waals surface area (Å²) < 4.78 is 16.9. The lowest BCUT2D eigenvalue weighted by Gasteiger charge is -2.18. The summed E-state index contributed by atoms with van der Waals surface area (Å²) in [6, 6.07) is 0. The first kappa shape index (κ1) is 71.1. The summed E-state index contributed by atoms with van der Waals surface area (Å²) in [6.07, 6.45) is 79.5. The van der Waals surface area contributed by atoms with Gasteiger partial charge in [0.15, 0.2) is 6.10 Å². The van der Waals surface area contributed by atoms with E-state index in [1.54, 1.807) is 0 Å². The molecule has 0 saturated heterocycles. The lowest BCUT2D eigenvalue weighted by molar-refractivity contribution is -0.167. The Kier molecular flexibility index (Phi) is 60.2. The third kappa shape index (κ3) is 60.0. The van der Waals surface area contributed by atoms with Crippen molar-refractivity contribution < 1.29 is 28.6 Å². The number of allylic oxidation sites excluding steroid dienone is 10. The van der Waals surface area contributed by atoms with Gasteiger partial charge in [-0.2, -0.15) is 0 Å². The number of rotatable bonds is 59. The highest BCUT2D eigenvalue weighted by atomic mass is 16.6. The number of unbranched alkanes of at least 4 members (excludes halogenated alkanes) is 38. The molecular formula is C68H122O6. The zero-order valence-corrected chi connectivity index (χ0v) is 49.4. The van der Waals surface area contributed by atoms with Crippen molar-refractivity contribution in [2.24, 2.45) is 0 Å². The number of carbonyl (C=O) groups is 3. The molecule has 0 spiro atoms. The van der Waals surface area contributed by atoms with Gasteiger partial charge >= 0.3 is 17.9 Å². The largest absolute Gasteiger partial charge is 0.462 e. The Bertz CT molecular complexity index is 1330. The fourth-order valence-electron chi connectivity index (χ4n) is 9.43. The number of hydrogen-bond donors (Lipinski definition) is 0. The fourth-order valence-corrected chi connectivity index (χ4v) is 9.43. The van der Waals surface area contributed by atoms with E-state index < -0.39 is 6.10 Å². The highest BCUT2D eigenvalue weighted by Gasteiger charge is 2.19. The molecule has 0 radical (unpaired) electrons. The first-order valence-electron chi connectivity index (χ1n) is 32.3. The number of ether oxygens (including phenoxy) is 3. The van der Waals surface area contributed by atoms with Gasteiger partial charge in [0.25, 0.3) is 0 Å². The van der Waals surface area contributed by atoms with Gasteiger partial charge in [-0.1, -0.05) is 293 Å². The van der Waals surface area contributed by atoms with Crippen LogP contribution in [0.1, 0.15) is 335 Å². The molecule has 0 aromatic carbocycles. The Morgan fingerprint density at radius 1 is 0.284 bits per heavy atom. The van der Waals surface area contributed by atoms with E-state index in [4.69, 9.17) is 14.2 Å². The highest BCUT2D eigenvalue weighted by molar-refractivity contribution is 5.71. The van der Waals surface area contributed by atoms with Gasteiger partial charge in [-0.05, 0) is 83.5 Å². The van der Waals surface area contributed by atoms with E-state index in [0.29, 0.717) is 19.3 Å². The normalized spacial score (nSPS) is 12.4. The van der Waals surface area contributed by atoms with Gasteiger partial charge in [-0.3, -0.25) is 14.4 Å². The van der Waals surface area contributed by atoms with Gasteiger partial charge in [0.1, 0.15) is 13.2 Å². The zero-order valence-electron chi connectivity index (χ0n) is 49.4. The Balaban J connectivity index is 4.23. The quantitative estimate of drug-likeness (QED) is 0.0261. The molecule has 0 rings (SSSR count). The third-order valence-electron chi connectivity index (χ3n) is 14.3. The van der Waals surface area contributed by atoms with Crippen LogP contribution in [0.15, 0.2) is 60.8 Å². The Morgan fingerprint density at radius 2 is 0.527 bits per heavy atom. The molecule has 1 unspecified atom stereocenters. The van der Waals surface area contributed by atoms with Crippen LogP contribution in [0.5, 0.6) is 0 Å². The topological polar surface area (TPSA) is 78.9 Å². The summed E-state index contributed by atoms with van der Waals surface area (Å²) in [5.74, 6) is -0.877. The van der Waals surface area contributed by atoms with Gasteiger partial charge < -0.3 is 14.2 Å². The SMILES string of the molecule is CC/C=C\C/C=C\C/C=C\CCCCCCCC(=O)OC(COC(=O)CCCCCCCCCCCCCCCC)COC(=O)CCCCCCCCCCCCCCCCC/C=C\C/C=C\CCCCCCC. The van der Waals surface area contributed by atoms with Crippen LogP contribution in [0.4, 0.5) is 0 Å². The van der Waals surface area contributed by atoms with Crippen LogP contribution in [0.3, 0.4) is 0 Å². The second-order valence-corrected chi connectivity index (χ2v) is 21.6. The van der Waals surface area contributed by atoms with Gasteiger partial charge in [0.2, 0.25) is 0 Å². The number of hydrogen-bond acceptors (Lipinski definition) is 6. The molecule has 430 valence electrons. The molecule has 0 saturated carbocycles. The van der Waals surface area contributed by atoms with Gasteiger partial charge in [-0.15, -0.1) is 0 Å². The lowest BCUT2D eigenvalue weighted by Crippen LogP contribution is -2.30. The molecule has 1 atom stereocenters. The van der Waals surface area contributed by atoms with Crippen molar-refractivity contribution in [1.29, 1.82) is 0 Å². The molecule has 0 fully saturated rings. The maximum Gasteiger partial charge on any atom is 0.306 e. The molecule has 0 N–H and O–H groups in total. The van der Waals surface area contributed by atoms with Gasteiger partial charge in [0, 0.05) is 19.3 Å². The molecule has 6 heteroatoms. The van der Waals surface area contributed by atoms with Gasteiger partial charge in [0.05, 0.1) is 0 Å². The van der Waals surface area contributed by atoms with E-state index >= 15 is 0 Å². The molecular weight excluding hydrogens is 913 g/mol. The lowest BCUT2D eigenvalue weighted by atomic mass is 10.0. The minimum Gasteiger partial charge on any atom is -0.462 e. The van der Waals surface area contributed by atoms with E-state index in [2.05, 4.69) is 81.5 Å². The average molecular weight is 1040 g/mol. The molecule has 0 aromatic heterocycles. The molecule has 0 aliphatic carbocycles. The summed E-state index contributed by atoms with van der Waals surface area (Å²) in [7, 11) is 0. The van der Waals surface area contributed by atoms with Crippen LogP contribution in [0.25, 0.3) is 0 Å². The van der Waals surface area contributed by atoms with E-state index in [1.807, 2.05) is 0 Å². The highest BCUT2D eigenvalue weighted by Crippen LogP contribution is 2.17. The van der Waals surface area contributed by atoms with Crippen LogP contribution < -0.4 is 0 Å². The number of esters is 3. The van der Waals surface area contributed by atoms with Crippen LogP contribution in [0, 0.1) is 0 Å². The van der Waals surface area contributed by atoms with Crippen molar-refractivity contribution in [2.45, 2.75) is 341 Å². The van der Waals surface area contributed by atoms with Crippen molar-refractivity contribution in [3.63, 3.8) is 0 Å². The predicted octanol–water partition coefficient (Wildman–Crippen LogP) is 21.9. The third-order valence-corrected chi connectivity index (χ3v) is 14.3. The smallest absolute Gasteiger partial charge is 0.306 e. The monoisotopic (exact) mass is 1030 g/mol. The number of carbonyl (C=O) groups excluding carboxylic acids is 3. The minimum atomic E-state index is -0.781. The molecule has 74 heavy (non-hydrogen) atoms.